The molecule has 0 bridgehead atoms. The van der Waals surface area contributed by atoms with Crippen molar-refractivity contribution in [2.45, 2.75) is 18.9 Å². The molecule has 0 fully saturated rings. The second-order valence-corrected chi connectivity index (χ2v) is 4.97. The Balaban J connectivity index is 2.31. The van der Waals surface area contributed by atoms with Gasteiger partial charge < -0.3 is 11.1 Å². The fraction of sp³-hybridized carbons (Fsp3) is 0.308. The molecule has 1 amide bonds. The molecular formula is C13H17BrN2O. The second-order valence-electron chi connectivity index (χ2n) is 3.85. The third-order valence-corrected chi connectivity index (χ3v) is 2.67. The first kappa shape index (κ1) is 13.9. The van der Waals surface area contributed by atoms with E-state index in [4.69, 9.17) is 5.73 Å². The Bertz CT molecular complexity index is 378. The van der Waals surface area contributed by atoms with Crippen LogP contribution in [-0.4, -0.2) is 12.5 Å². The van der Waals surface area contributed by atoms with Crippen LogP contribution in [0.25, 0.3) is 0 Å². The molecule has 0 aliphatic carbocycles. The van der Waals surface area contributed by atoms with Crippen molar-refractivity contribution in [2.75, 3.05) is 6.54 Å². The Hall–Kier alpha value is -1.13. The van der Waals surface area contributed by atoms with E-state index in [-0.39, 0.29) is 11.9 Å². The average Bonchev–Trinajstić information content (AvgIpc) is 2.34. The fourth-order valence-electron chi connectivity index (χ4n) is 1.44. The van der Waals surface area contributed by atoms with Crippen LogP contribution in [0, 0.1) is 0 Å². The molecule has 0 aliphatic heterocycles. The average molecular weight is 297 g/mol. The molecule has 1 aromatic rings. The summed E-state index contributed by atoms with van der Waals surface area (Å²) in [7, 11) is 0. The minimum Gasteiger partial charge on any atom is -0.352 e. The third-order valence-electron chi connectivity index (χ3n) is 2.39. The van der Waals surface area contributed by atoms with E-state index in [1.807, 2.05) is 30.3 Å². The van der Waals surface area contributed by atoms with Crippen molar-refractivity contribution in [3.8, 4) is 0 Å². The Kier molecular flexibility index (Phi) is 5.94. The number of carbonyl (C=O) groups is 1. The summed E-state index contributed by atoms with van der Waals surface area (Å²) in [5.74, 6) is -0.00280. The molecule has 0 saturated heterocycles. The second kappa shape index (κ2) is 7.25. The summed E-state index contributed by atoms with van der Waals surface area (Å²) in [6.07, 6.45) is 1.07. The highest BCUT2D eigenvalue weighted by atomic mass is 79.9. The number of amides is 1. The highest BCUT2D eigenvalue weighted by Crippen LogP contribution is 2.14. The van der Waals surface area contributed by atoms with Gasteiger partial charge in [-0.05, 0) is 12.0 Å². The van der Waals surface area contributed by atoms with Gasteiger partial charge in [-0.2, -0.15) is 0 Å². The summed E-state index contributed by atoms with van der Waals surface area (Å²) in [6.45, 7) is 4.10. The Morgan fingerprint density at radius 1 is 1.41 bits per heavy atom. The van der Waals surface area contributed by atoms with Crippen LogP contribution >= 0.6 is 15.9 Å². The zero-order chi connectivity index (χ0) is 12.7. The molecule has 1 atom stereocenters. The van der Waals surface area contributed by atoms with Crippen molar-refractivity contribution in [1.82, 2.24) is 5.32 Å². The lowest BCUT2D eigenvalue weighted by Crippen LogP contribution is -2.25. The van der Waals surface area contributed by atoms with Gasteiger partial charge >= 0.3 is 0 Å². The first-order valence-electron chi connectivity index (χ1n) is 5.50. The normalized spacial score (nSPS) is 11.9. The van der Waals surface area contributed by atoms with E-state index in [0.29, 0.717) is 19.4 Å². The molecule has 0 spiro atoms. The van der Waals surface area contributed by atoms with E-state index < -0.39 is 0 Å². The van der Waals surface area contributed by atoms with E-state index in [2.05, 4.69) is 27.8 Å². The van der Waals surface area contributed by atoms with Gasteiger partial charge in [0.1, 0.15) is 0 Å². The molecule has 3 nitrogen and oxygen atoms in total. The van der Waals surface area contributed by atoms with Crippen molar-refractivity contribution in [3.63, 3.8) is 0 Å². The van der Waals surface area contributed by atoms with E-state index in [9.17, 15) is 4.79 Å². The van der Waals surface area contributed by atoms with Crippen LogP contribution in [0.2, 0.25) is 0 Å². The number of benzene rings is 1. The van der Waals surface area contributed by atoms with Crippen LogP contribution in [-0.2, 0) is 4.79 Å². The lowest BCUT2D eigenvalue weighted by molar-refractivity contribution is -0.121. The van der Waals surface area contributed by atoms with Crippen molar-refractivity contribution < 1.29 is 4.79 Å². The molecule has 3 N–H and O–H groups in total. The SMILES string of the molecule is C=C(Br)CNC(=O)CCC(N)c1ccccc1. The minimum absolute atomic E-state index is 0.00280. The molecule has 1 rings (SSSR count). The first-order chi connectivity index (χ1) is 8.09. The molecular weight excluding hydrogens is 280 g/mol. The molecule has 4 heteroatoms. The van der Waals surface area contributed by atoms with Crippen LogP contribution in [0.3, 0.4) is 0 Å². The first-order valence-corrected chi connectivity index (χ1v) is 6.29. The van der Waals surface area contributed by atoms with Gasteiger partial charge in [0.05, 0.1) is 0 Å². The van der Waals surface area contributed by atoms with Gasteiger partial charge in [0.15, 0.2) is 0 Å². The lowest BCUT2D eigenvalue weighted by Gasteiger charge is -2.11. The zero-order valence-electron chi connectivity index (χ0n) is 9.66. The van der Waals surface area contributed by atoms with Crippen LogP contribution in [0.4, 0.5) is 0 Å². The van der Waals surface area contributed by atoms with Crippen molar-refractivity contribution >= 4 is 21.8 Å². The number of nitrogens with two attached hydrogens (primary N) is 1. The van der Waals surface area contributed by atoms with Crippen LogP contribution in [0.5, 0.6) is 0 Å². The molecule has 0 heterocycles. The lowest BCUT2D eigenvalue weighted by atomic mass is 10.0. The maximum atomic E-state index is 11.5. The molecule has 0 aliphatic rings. The quantitative estimate of drug-likeness (QED) is 0.847. The summed E-state index contributed by atoms with van der Waals surface area (Å²) in [5.41, 5.74) is 7.05. The Morgan fingerprint density at radius 2 is 2.06 bits per heavy atom. The number of rotatable bonds is 6. The van der Waals surface area contributed by atoms with Crippen LogP contribution in [0.15, 0.2) is 41.4 Å². The Labute approximate surface area is 110 Å². The van der Waals surface area contributed by atoms with Gasteiger partial charge in [-0.3, -0.25) is 4.79 Å². The van der Waals surface area contributed by atoms with Gasteiger partial charge in [-0.25, -0.2) is 0 Å². The minimum atomic E-state index is -0.0888. The molecule has 1 aromatic carbocycles. The van der Waals surface area contributed by atoms with Crippen LogP contribution < -0.4 is 11.1 Å². The number of carbonyl (C=O) groups excluding carboxylic acids is 1. The summed E-state index contributed by atoms with van der Waals surface area (Å²) >= 11 is 3.19. The highest BCUT2D eigenvalue weighted by molar-refractivity contribution is 9.11. The Morgan fingerprint density at radius 3 is 2.65 bits per heavy atom. The van der Waals surface area contributed by atoms with Gasteiger partial charge in [0.2, 0.25) is 5.91 Å². The molecule has 17 heavy (non-hydrogen) atoms. The molecule has 0 aromatic heterocycles. The standard InChI is InChI=1S/C13H17BrN2O/c1-10(14)9-16-13(17)8-7-12(15)11-5-3-2-4-6-11/h2-6,12H,1,7-9,15H2,(H,16,17). The van der Waals surface area contributed by atoms with E-state index >= 15 is 0 Å². The van der Waals surface area contributed by atoms with Crippen molar-refractivity contribution in [2.24, 2.45) is 5.73 Å². The number of halogens is 1. The van der Waals surface area contributed by atoms with Gasteiger partial charge in [0.25, 0.3) is 0 Å². The predicted octanol–water partition coefficient (Wildman–Crippen LogP) is 2.49. The van der Waals surface area contributed by atoms with E-state index in [0.717, 1.165) is 10.0 Å². The molecule has 0 saturated carbocycles. The predicted molar refractivity (Wildman–Crippen MR) is 73.7 cm³/mol. The summed E-state index contributed by atoms with van der Waals surface area (Å²) in [6, 6.07) is 9.71. The highest BCUT2D eigenvalue weighted by Gasteiger charge is 2.08. The topological polar surface area (TPSA) is 55.1 Å². The monoisotopic (exact) mass is 296 g/mol. The van der Waals surface area contributed by atoms with Crippen molar-refractivity contribution in [3.05, 3.63) is 47.0 Å². The van der Waals surface area contributed by atoms with E-state index in [1.54, 1.807) is 0 Å². The zero-order valence-corrected chi connectivity index (χ0v) is 11.2. The molecule has 0 radical (unpaired) electrons. The van der Waals surface area contributed by atoms with Crippen molar-refractivity contribution in [1.29, 1.82) is 0 Å². The van der Waals surface area contributed by atoms with Gasteiger partial charge in [-0.1, -0.05) is 52.8 Å². The maximum absolute atomic E-state index is 11.5. The van der Waals surface area contributed by atoms with E-state index in [1.165, 1.54) is 0 Å². The van der Waals surface area contributed by atoms with Crippen LogP contribution in [0.1, 0.15) is 24.4 Å². The summed E-state index contributed by atoms with van der Waals surface area (Å²) in [5, 5.41) is 2.75. The smallest absolute Gasteiger partial charge is 0.220 e. The maximum Gasteiger partial charge on any atom is 0.220 e. The number of hydrogen-bond acceptors (Lipinski definition) is 2. The number of nitrogens with one attached hydrogen (secondary N) is 1. The van der Waals surface area contributed by atoms with Gasteiger partial charge in [0, 0.05) is 23.5 Å². The summed E-state index contributed by atoms with van der Waals surface area (Å²) in [4.78, 5) is 11.5. The number of hydrogen-bond donors (Lipinski definition) is 2. The molecule has 92 valence electrons. The third kappa shape index (κ3) is 5.65. The summed E-state index contributed by atoms with van der Waals surface area (Å²) < 4.78 is 0.762. The largest absolute Gasteiger partial charge is 0.352 e. The molecule has 1 unspecified atom stereocenters. The fourth-order valence-corrected chi connectivity index (χ4v) is 1.58. The van der Waals surface area contributed by atoms with Gasteiger partial charge in [-0.15, -0.1) is 0 Å².